The number of hydrogen-bond donors (Lipinski definition) is 2. The summed E-state index contributed by atoms with van der Waals surface area (Å²) in [4.78, 5) is 12.2. The second-order valence-electron chi connectivity index (χ2n) is 5.14. The molecule has 21 heavy (non-hydrogen) atoms. The van der Waals surface area contributed by atoms with E-state index in [1.165, 1.54) is 0 Å². The average Bonchev–Trinajstić information content (AvgIpc) is 2.50. The number of carbonyl (C=O) groups excluding carboxylic acids is 1. The quantitative estimate of drug-likeness (QED) is 0.882. The Morgan fingerprint density at radius 2 is 1.76 bits per heavy atom. The van der Waals surface area contributed by atoms with E-state index in [0.717, 1.165) is 0 Å². The summed E-state index contributed by atoms with van der Waals surface area (Å²) in [6.07, 6.45) is 0.556. The Bertz CT molecular complexity index is 609. The van der Waals surface area contributed by atoms with E-state index in [1.54, 1.807) is 13.0 Å². The van der Waals surface area contributed by atoms with Crippen molar-refractivity contribution < 1.29 is 9.53 Å². The predicted molar refractivity (Wildman–Crippen MR) is 84.5 cm³/mol. The van der Waals surface area contributed by atoms with Gasteiger partial charge in [0.1, 0.15) is 5.75 Å². The highest BCUT2D eigenvalue weighted by molar-refractivity contribution is 5.98. The first-order chi connectivity index (χ1) is 10.0. The lowest BCUT2D eigenvalue weighted by Crippen LogP contribution is -2.47. The number of nitrogens with two attached hydrogens (primary N) is 1. The van der Waals surface area contributed by atoms with Gasteiger partial charge in [0.2, 0.25) is 5.91 Å². The summed E-state index contributed by atoms with van der Waals surface area (Å²) < 4.78 is 5.80. The lowest BCUT2D eigenvalue weighted by Gasteiger charge is -2.22. The number of hydrogen-bond acceptors (Lipinski definition) is 3. The van der Waals surface area contributed by atoms with Gasteiger partial charge in [-0.15, -0.1) is 0 Å². The van der Waals surface area contributed by atoms with E-state index < -0.39 is 5.54 Å². The fourth-order valence-corrected chi connectivity index (χ4v) is 1.70. The molecule has 1 unspecified atom stereocenters. The van der Waals surface area contributed by atoms with Crippen molar-refractivity contribution in [1.82, 2.24) is 0 Å². The van der Waals surface area contributed by atoms with Gasteiger partial charge in [-0.1, -0.05) is 37.3 Å². The maximum atomic E-state index is 12.2. The summed E-state index contributed by atoms with van der Waals surface area (Å²) in [5.41, 5.74) is 5.66. The molecule has 2 aromatic rings. The first-order valence-corrected chi connectivity index (χ1v) is 6.95. The Morgan fingerprint density at radius 1 is 1.14 bits per heavy atom. The molecule has 0 aliphatic heterocycles. The molecule has 1 amide bonds. The van der Waals surface area contributed by atoms with Crippen LogP contribution >= 0.6 is 0 Å². The standard InChI is InChI=1S/C17H20N2O2/c1-3-17(2,18)16(20)19-14-11-7-8-12-15(14)21-13-9-5-4-6-10-13/h4-12H,3,18H2,1-2H3,(H,19,20). The van der Waals surface area contributed by atoms with Crippen LogP contribution in [0, 0.1) is 0 Å². The largest absolute Gasteiger partial charge is 0.455 e. The van der Waals surface area contributed by atoms with E-state index in [0.29, 0.717) is 23.6 Å². The molecular weight excluding hydrogens is 264 g/mol. The molecule has 0 saturated carbocycles. The van der Waals surface area contributed by atoms with Crippen molar-refractivity contribution in [2.45, 2.75) is 25.8 Å². The second-order valence-corrected chi connectivity index (χ2v) is 5.14. The summed E-state index contributed by atoms with van der Waals surface area (Å²) in [6.45, 7) is 3.59. The minimum Gasteiger partial charge on any atom is -0.455 e. The van der Waals surface area contributed by atoms with Gasteiger partial charge < -0.3 is 15.8 Å². The van der Waals surface area contributed by atoms with Crippen molar-refractivity contribution in [3.63, 3.8) is 0 Å². The molecule has 0 aliphatic rings. The minimum absolute atomic E-state index is 0.228. The average molecular weight is 284 g/mol. The molecule has 110 valence electrons. The first kappa shape index (κ1) is 15.1. The van der Waals surface area contributed by atoms with Gasteiger partial charge in [-0.2, -0.15) is 0 Å². The zero-order valence-corrected chi connectivity index (χ0v) is 12.3. The Kier molecular flexibility index (Phi) is 4.60. The van der Waals surface area contributed by atoms with Gasteiger partial charge in [-0.25, -0.2) is 0 Å². The lowest BCUT2D eigenvalue weighted by molar-refractivity contribution is -0.120. The molecule has 0 fully saturated rings. The number of rotatable bonds is 5. The number of amides is 1. The van der Waals surface area contributed by atoms with Crippen molar-refractivity contribution in [1.29, 1.82) is 0 Å². The highest BCUT2D eigenvalue weighted by Gasteiger charge is 2.26. The van der Waals surface area contributed by atoms with Crippen molar-refractivity contribution >= 4 is 11.6 Å². The van der Waals surface area contributed by atoms with Gasteiger partial charge in [0.05, 0.1) is 11.2 Å². The number of carbonyl (C=O) groups is 1. The van der Waals surface area contributed by atoms with E-state index in [2.05, 4.69) is 5.32 Å². The van der Waals surface area contributed by atoms with Crippen LogP contribution in [0.15, 0.2) is 54.6 Å². The third-order valence-electron chi connectivity index (χ3n) is 3.36. The smallest absolute Gasteiger partial charge is 0.244 e. The molecule has 0 bridgehead atoms. The Labute approximate surface area is 124 Å². The SMILES string of the molecule is CCC(C)(N)C(=O)Nc1ccccc1Oc1ccccc1. The summed E-state index contributed by atoms with van der Waals surface area (Å²) in [5.74, 6) is 1.07. The van der Waals surface area contributed by atoms with Crippen LogP contribution in [0.4, 0.5) is 5.69 Å². The molecule has 1 atom stereocenters. The number of anilines is 1. The van der Waals surface area contributed by atoms with Gasteiger partial charge in [0.15, 0.2) is 5.75 Å². The molecule has 0 radical (unpaired) electrons. The maximum absolute atomic E-state index is 12.2. The van der Waals surface area contributed by atoms with Gasteiger partial charge in [0.25, 0.3) is 0 Å². The van der Waals surface area contributed by atoms with Crippen LogP contribution in [0.25, 0.3) is 0 Å². The molecule has 2 aromatic carbocycles. The maximum Gasteiger partial charge on any atom is 0.244 e. The van der Waals surface area contributed by atoms with Gasteiger partial charge >= 0.3 is 0 Å². The van der Waals surface area contributed by atoms with E-state index in [-0.39, 0.29) is 5.91 Å². The lowest BCUT2D eigenvalue weighted by atomic mass is 9.99. The van der Waals surface area contributed by atoms with Gasteiger partial charge in [-0.05, 0) is 37.6 Å². The normalized spacial score (nSPS) is 13.3. The summed E-state index contributed by atoms with van der Waals surface area (Å²) in [6, 6.07) is 16.7. The van der Waals surface area contributed by atoms with Crippen LogP contribution in [0.2, 0.25) is 0 Å². The predicted octanol–water partition coefficient (Wildman–Crippen LogP) is 3.54. The van der Waals surface area contributed by atoms with Gasteiger partial charge in [0, 0.05) is 0 Å². The van der Waals surface area contributed by atoms with Crippen LogP contribution in [-0.4, -0.2) is 11.4 Å². The van der Waals surface area contributed by atoms with Gasteiger partial charge in [-0.3, -0.25) is 4.79 Å². The van der Waals surface area contributed by atoms with Crippen LogP contribution in [-0.2, 0) is 4.79 Å². The number of para-hydroxylation sites is 3. The van der Waals surface area contributed by atoms with Crippen LogP contribution < -0.4 is 15.8 Å². The molecule has 0 aromatic heterocycles. The van der Waals surface area contributed by atoms with E-state index in [9.17, 15) is 4.79 Å². The number of ether oxygens (including phenoxy) is 1. The number of nitrogens with one attached hydrogen (secondary N) is 1. The minimum atomic E-state index is -0.903. The Balaban J connectivity index is 2.20. The molecular formula is C17H20N2O2. The topological polar surface area (TPSA) is 64.4 Å². The van der Waals surface area contributed by atoms with E-state index in [1.807, 2.05) is 55.5 Å². The van der Waals surface area contributed by atoms with E-state index >= 15 is 0 Å². The molecule has 0 aliphatic carbocycles. The van der Waals surface area contributed by atoms with E-state index in [4.69, 9.17) is 10.5 Å². The van der Waals surface area contributed by atoms with Crippen molar-refractivity contribution in [3.05, 3.63) is 54.6 Å². The molecule has 4 heteroatoms. The molecule has 3 N–H and O–H groups in total. The van der Waals surface area contributed by atoms with Crippen LogP contribution in [0.3, 0.4) is 0 Å². The molecule has 0 saturated heterocycles. The number of benzene rings is 2. The summed E-state index contributed by atoms with van der Waals surface area (Å²) in [7, 11) is 0. The Morgan fingerprint density at radius 3 is 2.43 bits per heavy atom. The van der Waals surface area contributed by atoms with Crippen molar-refractivity contribution in [3.8, 4) is 11.5 Å². The monoisotopic (exact) mass is 284 g/mol. The third kappa shape index (κ3) is 3.83. The van der Waals surface area contributed by atoms with Crippen LogP contribution in [0.1, 0.15) is 20.3 Å². The fraction of sp³-hybridized carbons (Fsp3) is 0.235. The molecule has 4 nitrogen and oxygen atoms in total. The Hall–Kier alpha value is -2.33. The third-order valence-corrected chi connectivity index (χ3v) is 3.36. The highest BCUT2D eigenvalue weighted by Crippen LogP contribution is 2.29. The fourth-order valence-electron chi connectivity index (χ4n) is 1.70. The summed E-state index contributed by atoms with van der Waals surface area (Å²) in [5, 5.41) is 2.83. The summed E-state index contributed by atoms with van der Waals surface area (Å²) >= 11 is 0. The zero-order valence-electron chi connectivity index (χ0n) is 12.3. The van der Waals surface area contributed by atoms with Crippen molar-refractivity contribution in [2.24, 2.45) is 5.73 Å². The van der Waals surface area contributed by atoms with Crippen molar-refractivity contribution in [2.75, 3.05) is 5.32 Å². The molecule has 2 rings (SSSR count). The second kappa shape index (κ2) is 6.41. The highest BCUT2D eigenvalue weighted by atomic mass is 16.5. The molecule has 0 spiro atoms. The molecule has 0 heterocycles. The zero-order chi connectivity index (χ0) is 15.3. The first-order valence-electron chi connectivity index (χ1n) is 6.95. The van der Waals surface area contributed by atoms with Crippen LogP contribution in [0.5, 0.6) is 11.5 Å².